The van der Waals surface area contributed by atoms with E-state index >= 15 is 4.79 Å². The number of aliphatic carboxylic acids is 1. The third-order valence-corrected chi connectivity index (χ3v) is 27.8. The lowest BCUT2D eigenvalue weighted by Crippen LogP contribution is -2.76. The second-order valence-corrected chi connectivity index (χ2v) is 31.7. The molecule has 11 aliphatic rings. The number of hydrogen-bond acceptors (Lipinski definition) is 19. The molecule has 7 fully saturated rings. The average Bonchev–Trinajstić information content (AvgIpc) is 0.839. The number of carbonyl (C=O) groups is 3. The molecule has 5 heterocycles. The number of aromatic nitrogens is 4. The first kappa shape index (κ1) is 66.0. The van der Waals surface area contributed by atoms with Crippen molar-refractivity contribution in [1.82, 2.24) is 35.9 Å². The predicted molar refractivity (Wildman–Crippen MR) is 336 cm³/mol. The van der Waals surface area contributed by atoms with Crippen LogP contribution in [0.1, 0.15) is 117 Å². The highest BCUT2D eigenvalue weighted by Gasteiger charge is 2.80. The number of nitrogens with one attached hydrogen (secondary N) is 6. The van der Waals surface area contributed by atoms with Crippen molar-refractivity contribution in [3.8, 4) is 11.8 Å². The molecule has 1 spiro atoms. The summed E-state index contributed by atoms with van der Waals surface area (Å²) < 4.78 is 13.0. The molecule has 8 aliphatic carbocycles. The molecule has 5 saturated carbocycles. The molecule has 2 aromatic rings. The van der Waals surface area contributed by atoms with Gasteiger partial charge in [-0.3, -0.25) is 9.59 Å². The number of imidazole rings is 2. The number of carboxylic acid groups (broad SMARTS) is 1. The molecule has 506 valence electrons. The zero-order valence-corrected chi connectivity index (χ0v) is 54.1. The summed E-state index contributed by atoms with van der Waals surface area (Å²) in [6, 6.07) is -0.947. The smallest absolute Gasteiger partial charge is 0.310 e. The molecule has 0 bridgehead atoms. The van der Waals surface area contributed by atoms with Gasteiger partial charge in [0, 0.05) is 86.1 Å². The maximum Gasteiger partial charge on any atom is 0.310 e. The summed E-state index contributed by atoms with van der Waals surface area (Å²) in [4.78, 5) is 58.2. The number of nitrogens with zero attached hydrogens (tertiary/aromatic N) is 2. The van der Waals surface area contributed by atoms with Crippen LogP contribution in [0.4, 0.5) is 5.82 Å². The molecule has 2 saturated heterocycles. The zero-order chi connectivity index (χ0) is 65.5. The lowest BCUT2D eigenvalue weighted by atomic mass is 9.27. The summed E-state index contributed by atoms with van der Waals surface area (Å²) in [5, 5.41) is 123. The number of nitrogens with two attached hydrogens (primary N) is 1. The molecule has 23 nitrogen and oxygen atoms in total. The van der Waals surface area contributed by atoms with Crippen LogP contribution < -0.4 is 27.0 Å². The molecule has 13 rings (SSSR count). The number of carbonyl (C=O) groups excluding carboxylic acids is 2. The average molecular weight is 1280 g/mol. The lowest BCUT2D eigenvalue weighted by Gasteiger charge is -2.76. The van der Waals surface area contributed by atoms with Crippen molar-refractivity contribution in [3.05, 3.63) is 54.0 Å². The van der Waals surface area contributed by atoms with Crippen molar-refractivity contribution in [3.63, 3.8) is 0 Å². The minimum Gasteiger partial charge on any atom is -0.481 e. The van der Waals surface area contributed by atoms with Crippen LogP contribution in [0, 0.1) is 121 Å². The van der Waals surface area contributed by atoms with Crippen molar-refractivity contribution in [2.45, 2.75) is 173 Å². The Labute approximate surface area is 538 Å². The fourth-order valence-electron chi connectivity index (χ4n) is 23.2. The Bertz CT molecular complexity index is 3230. The van der Waals surface area contributed by atoms with Gasteiger partial charge in [-0.1, -0.05) is 83.6 Å². The van der Waals surface area contributed by atoms with Gasteiger partial charge in [-0.25, -0.2) is 9.97 Å². The summed E-state index contributed by atoms with van der Waals surface area (Å²) in [6.45, 7) is 14.1. The largest absolute Gasteiger partial charge is 0.481 e. The van der Waals surface area contributed by atoms with Gasteiger partial charge in [0.05, 0.1) is 72.2 Å². The highest BCUT2D eigenvalue weighted by atomic mass is 16.7. The molecule has 17 N–H and O–H groups in total. The van der Waals surface area contributed by atoms with Crippen LogP contribution in [0.3, 0.4) is 0 Å². The summed E-state index contributed by atoms with van der Waals surface area (Å²) in [6.07, 6.45) is 5.58. The molecule has 3 aliphatic heterocycles. The van der Waals surface area contributed by atoms with Gasteiger partial charge in [0.25, 0.3) is 0 Å². The Morgan fingerprint density at radius 1 is 0.946 bits per heavy atom. The third kappa shape index (κ3) is 9.24. The van der Waals surface area contributed by atoms with Crippen LogP contribution in [0.15, 0.2) is 42.7 Å². The molecule has 23 heteroatoms. The maximum atomic E-state index is 16.2. The predicted octanol–water partition coefficient (Wildman–Crippen LogP) is 1.72. The number of anilines is 1. The number of H-pyrrole nitrogens is 2. The molecular weight excluding hydrogens is 1180 g/mol. The fourth-order valence-corrected chi connectivity index (χ4v) is 23.2. The second kappa shape index (κ2) is 23.9. The number of aliphatic hydroxyl groups is 8. The van der Waals surface area contributed by atoms with Gasteiger partial charge >= 0.3 is 5.97 Å². The van der Waals surface area contributed by atoms with E-state index in [0.717, 1.165) is 24.0 Å². The number of aliphatic hydroxyl groups excluding tert-OH is 8. The van der Waals surface area contributed by atoms with Gasteiger partial charge in [-0.2, -0.15) is 0 Å². The number of hydrogen-bond donors (Lipinski definition) is 16. The van der Waals surface area contributed by atoms with Crippen molar-refractivity contribution in [2.75, 3.05) is 57.9 Å². The number of ether oxygens (including phenoxy) is 2. The number of aldehydes is 1. The highest BCUT2D eigenvalue weighted by molar-refractivity contribution is 5.88. The van der Waals surface area contributed by atoms with E-state index in [2.05, 4.69) is 87.9 Å². The molecule has 0 unspecified atom stereocenters. The minimum absolute atomic E-state index is 0.0731. The van der Waals surface area contributed by atoms with E-state index in [0.29, 0.717) is 102 Å². The Balaban J connectivity index is 1.02. The number of carboxylic acids is 1. The highest BCUT2D eigenvalue weighted by Crippen LogP contribution is 2.81. The van der Waals surface area contributed by atoms with Crippen LogP contribution in [0.5, 0.6) is 0 Å². The van der Waals surface area contributed by atoms with Crippen molar-refractivity contribution in [2.24, 2.45) is 115 Å². The Hall–Kier alpha value is -4.65. The SMILES string of the molecule is C[C@@H](CC=O)CCNCCNC[C@H]([C@@H](N)O)[C@H](O)[C@@]1(c2cnc[nH]2)C=C[C@H]2[C@H]3[C@@H]1NC(=O)[C@]31CCC[C@@H]1C#C[C@H]1C=C3[C@@H]4C[C@@](C)(CO)CC[C@]4(C(=O)O)[C@@H]4CNc5nc[nH]c5C[C@@H]4[C@@]3(C)[C@]3(C)CC[C@@H]4[C@](C)(CO)[C@H](O[C@@H]5OC[C@@H](O)[C@H](O)[C@H]5O)[C@H](O)[C@H]2[C@]4(C)[C@@H]13. The van der Waals surface area contributed by atoms with Gasteiger partial charge in [0.15, 0.2) is 6.29 Å². The van der Waals surface area contributed by atoms with Crippen LogP contribution in [0.2, 0.25) is 0 Å². The molecule has 2 aromatic heterocycles. The van der Waals surface area contributed by atoms with E-state index in [1.807, 2.05) is 19.9 Å². The summed E-state index contributed by atoms with van der Waals surface area (Å²) in [7, 11) is 0. The third-order valence-electron chi connectivity index (χ3n) is 27.8. The molecule has 29 atom stereocenters. The summed E-state index contributed by atoms with van der Waals surface area (Å²) in [5.41, 5.74) is 0.398. The van der Waals surface area contributed by atoms with Gasteiger partial charge in [0.1, 0.15) is 36.6 Å². The van der Waals surface area contributed by atoms with Crippen molar-refractivity contribution < 1.29 is 69.8 Å². The first-order chi connectivity index (χ1) is 43.8. The number of amides is 1. The monoisotopic (exact) mass is 1280 g/mol. The van der Waals surface area contributed by atoms with Crippen LogP contribution in [0.25, 0.3) is 0 Å². The van der Waals surface area contributed by atoms with E-state index < -0.39 is 170 Å². The quantitative estimate of drug-likeness (QED) is 0.0238. The van der Waals surface area contributed by atoms with Crippen molar-refractivity contribution in [1.29, 1.82) is 0 Å². The summed E-state index contributed by atoms with van der Waals surface area (Å²) in [5.74, 6) is 0.948. The maximum absolute atomic E-state index is 16.2. The molecule has 0 aromatic carbocycles. The van der Waals surface area contributed by atoms with Crippen LogP contribution >= 0.6 is 0 Å². The van der Waals surface area contributed by atoms with E-state index in [9.17, 15) is 55.5 Å². The normalized spacial score (nSPS) is 47.4. The van der Waals surface area contributed by atoms with E-state index in [1.165, 1.54) is 6.33 Å². The Morgan fingerprint density at radius 3 is 2.45 bits per heavy atom. The van der Waals surface area contributed by atoms with Crippen molar-refractivity contribution >= 4 is 24.0 Å². The first-order valence-electron chi connectivity index (χ1n) is 34.2. The Morgan fingerprint density at radius 2 is 1.73 bits per heavy atom. The van der Waals surface area contributed by atoms with Gasteiger partial charge in [-0.15, -0.1) is 0 Å². The number of fused-ring (bicyclic) bond motifs is 9. The van der Waals surface area contributed by atoms with Crippen LogP contribution in [-0.4, -0.2) is 192 Å². The van der Waals surface area contributed by atoms with E-state index in [4.69, 9.17) is 20.2 Å². The number of allylic oxidation sites excluding steroid dienone is 3. The molecule has 92 heavy (non-hydrogen) atoms. The van der Waals surface area contributed by atoms with Crippen LogP contribution in [-0.2, 0) is 35.7 Å². The molecule has 1 amide bonds. The Kier molecular flexibility index (Phi) is 17.1. The minimum atomic E-state index is -1.74. The number of rotatable bonds is 19. The first-order valence-corrected chi connectivity index (χ1v) is 34.2. The van der Waals surface area contributed by atoms with E-state index in [1.54, 1.807) is 12.5 Å². The molecule has 0 radical (unpaired) electrons. The topological polar surface area (TPSA) is 383 Å². The standard InChI is InChI=1S/C69H101N9O14/c1-35(14-23-79)13-20-71-21-22-72-27-39(57(70)87)55(86)69(47-29-73-33-76-47)17-11-38-48-51(84)56(92-59-52(85)50(83)45(82)30-91-59)63(3,32-81)46-12-16-64(4)53(65(46,48)5)36(9-10-37-8-7-15-67(37)49(38)54(69)78-60(67)88)24-40-42-26-62(2,31-80)18-19-68(42,61(89)90)43-28-74-58-44(75-34-77-58)25-41(43)66(40,64)6/h11,17,23-24,29,33-39,41-43,45-46,48-57,59,71-72,74,80-87H,7-8,12-16,18-22,25-28,30-32,70H2,1-6H3,(H,73,76)(H,75,77)(H,78,88)(H,89,90)/t35-,36+,37-,38-,39+,41+,42+,43-,45-,46-,48+,49+,50+,51-,52-,53+,54+,55+,56-,57+,59+,62+,63+,64-,65-,66+,67+,68-,69-/m1/s1. The summed E-state index contributed by atoms with van der Waals surface area (Å²) >= 11 is 0. The van der Waals surface area contributed by atoms with E-state index in [-0.39, 0.29) is 37.5 Å². The van der Waals surface area contributed by atoms with Gasteiger partial charge in [-0.05, 0) is 127 Å². The fraction of sp³-hybridized carbons (Fsp3) is 0.783. The molecular formula is C69H101N9O14. The van der Waals surface area contributed by atoms with Gasteiger partial charge in [0.2, 0.25) is 5.91 Å². The number of aromatic amines is 2. The second-order valence-electron chi connectivity index (χ2n) is 31.7. The zero-order valence-electron chi connectivity index (χ0n) is 54.1. The lowest BCUT2D eigenvalue weighted by molar-refractivity contribution is -0.346. The van der Waals surface area contributed by atoms with Gasteiger partial charge < -0.3 is 97.2 Å².